The molecule has 0 unspecified atom stereocenters. The number of hydrogen-bond acceptors (Lipinski definition) is 5. The Bertz CT molecular complexity index is 755. The highest BCUT2D eigenvalue weighted by Gasteiger charge is 2.06. The minimum Gasteiger partial charge on any atom is -0.444 e. The third-order valence-electron chi connectivity index (χ3n) is 4.12. The number of nitrogens with one attached hydrogen (secondary N) is 2. The summed E-state index contributed by atoms with van der Waals surface area (Å²) in [4.78, 5) is 19.1. The minimum atomic E-state index is -0.379. The van der Waals surface area contributed by atoms with E-state index >= 15 is 0 Å². The second kappa shape index (κ2) is 12.3. The molecule has 9 heteroatoms. The van der Waals surface area contributed by atoms with Crippen molar-refractivity contribution >= 4 is 35.6 Å². The maximum Gasteiger partial charge on any atom is 0.269 e. The van der Waals surface area contributed by atoms with Crippen LogP contribution < -0.4 is 10.6 Å². The second-order valence-corrected chi connectivity index (χ2v) is 6.25. The Kier molecular flexibility index (Phi) is 10.5. The van der Waals surface area contributed by atoms with Crippen molar-refractivity contribution in [2.75, 3.05) is 13.1 Å². The zero-order valence-electron chi connectivity index (χ0n) is 16.5. The lowest BCUT2D eigenvalue weighted by Gasteiger charge is -2.10. The van der Waals surface area contributed by atoms with E-state index in [1.807, 2.05) is 32.9 Å². The smallest absolute Gasteiger partial charge is 0.269 e. The highest BCUT2D eigenvalue weighted by Crippen LogP contribution is 2.13. The number of guanidine groups is 1. The first kappa shape index (κ1) is 23.9. The molecule has 28 heavy (non-hydrogen) atoms. The van der Waals surface area contributed by atoms with E-state index in [-0.39, 0.29) is 34.6 Å². The van der Waals surface area contributed by atoms with E-state index in [1.54, 1.807) is 12.1 Å². The second-order valence-electron chi connectivity index (χ2n) is 6.25. The van der Waals surface area contributed by atoms with Gasteiger partial charge in [0.2, 0.25) is 5.89 Å². The number of unbranched alkanes of at least 4 members (excludes halogenated alkanes) is 1. The molecule has 0 saturated carbocycles. The first-order chi connectivity index (χ1) is 13.0. The average Bonchev–Trinajstić information content (AvgIpc) is 2.97. The lowest BCUT2D eigenvalue weighted by atomic mass is 10.1. The molecule has 1 aromatic carbocycles. The molecule has 0 amide bonds. The monoisotopic (exact) mass is 501 g/mol. The zero-order chi connectivity index (χ0) is 19.6. The van der Waals surface area contributed by atoms with Crippen molar-refractivity contribution in [3.05, 3.63) is 57.3 Å². The van der Waals surface area contributed by atoms with Crippen LogP contribution in [0.4, 0.5) is 5.69 Å². The molecule has 0 aliphatic heterocycles. The number of aromatic nitrogens is 1. The normalized spacial score (nSPS) is 11.0. The highest BCUT2D eigenvalue weighted by atomic mass is 127. The molecule has 2 aromatic rings. The van der Waals surface area contributed by atoms with Crippen LogP contribution in [0.15, 0.2) is 33.7 Å². The van der Waals surface area contributed by atoms with Gasteiger partial charge in [-0.15, -0.1) is 24.0 Å². The van der Waals surface area contributed by atoms with Gasteiger partial charge in [-0.3, -0.25) is 10.1 Å². The summed E-state index contributed by atoms with van der Waals surface area (Å²) in [6.07, 6.45) is 2.85. The van der Waals surface area contributed by atoms with Crippen molar-refractivity contribution in [1.82, 2.24) is 15.6 Å². The van der Waals surface area contributed by atoms with Crippen molar-refractivity contribution in [2.24, 2.45) is 4.99 Å². The van der Waals surface area contributed by atoms with Gasteiger partial charge < -0.3 is 15.1 Å². The number of oxazole rings is 1. The van der Waals surface area contributed by atoms with Gasteiger partial charge in [-0.2, -0.15) is 0 Å². The first-order valence-corrected chi connectivity index (χ1v) is 9.18. The molecule has 2 rings (SSSR count). The molecule has 2 N–H and O–H groups in total. The Hall–Kier alpha value is -2.17. The molecule has 1 aromatic heterocycles. The molecule has 0 aliphatic carbocycles. The van der Waals surface area contributed by atoms with Crippen molar-refractivity contribution in [3.63, 3.8) is 0 Å². The molecule has 0 bridgehead atoms. The summed E-state index contributed by atoms with van der Waals surface area (Å²) in [5, 5.41) is 17.2. The van der Waals surface area contributed by atoms with E-state index in [4.69, 9.17) is 4.42 Å². The van der Waals surface area contributed by atoms with Gasteiger partial charge in [-0.1, -0.05) is 12.1 Å². The van der Waals surface area contributed by atoms with Gasteiger partial charge in [0.1, 0.15) is 12.3 Å². The van der Waals surface area contributed by atoms with E-state index in [2.05, 4.69) is 20.6 Å². The fourth-order valence-corrected chi connectivity index (χ4v) is 2.54. The molecule has 0 radical (unpaired) electrons. The Labute approximate surface area is 182 Å². The van der Waals surface area contributed by atoms with Crippen molar-refractivity contribution in [1.29, 1.82) is 0 Å². The number of aryl methyl sites for hydroxylation is 3. The van der Waals surface area contributed by atoms with Crippen LogP contribution in [0.3, 0.4) is 0 Å². The van der Waals surface area contributed by atoms with Crippen molar-refractivity contribution < 1.29 is 9.34 Å². The van der Waals surface area contributed by atoms with E-state index in [0.717, 1.165) is 55.3 Å². The van der Waals surface area contributed by atoms with Crippen LogP contribution in [0.5, 0.6) is 0 Å². The van der Waals surface area contributed by atoms with Crippen LogP contribution in [0.1, 0.15) is 42.7 Å². The summed E-state index contributed by atoms with van der Waals surface area (Å²) in [5.41, 5.74) is 2.13. The predicted octanol–water partition coefficient (Wildman–Crippen LogP) is 3.90. The maximum atomic E-state index is 10.7. The molecule has 0 aliphatic rings. The molecular weight excluding hydrogens is 473 g/mol. The summed E-state index contributed by atoms with van der Waals surface area (Å²) >= 11 is 0. The molecule has 154 valence electrons. The van der Waals surface area contributed by atoms with E-state index in [9.17, 15) is 10.1 Å². The molecule has 0 saturated heterocycles. The van der Waals surface area contributed by atoms with Gasteiger partial charge >= 0.3 is 0 Å². The number of nitrogens with zero attached hydrogens (tertiary/aromatic N) is 3. The standard InChI is InChI=1S/C19H27N5O3.HI/c1-4-20-19(22-13-18-23-14(2)15(3)27-18)21-12-6-5-7-16-8-10-17(11-9-16)24(25)26;/h8-11H,4-7,12-13H2,1-3H3,(H2,20,21,22);1H. The van der Waals surface area contributed by atoms with Crippen LogP contribution in [-0.2, 0) is 13.0 Å². The topological polar surface area (TPSA) is 106 Å². The number of rotatable bonds is 9. The fourth-order valence-electron chi connectivity index (χ4n) is 2.54. The quantitative estimate of drug-likeness (QED) is 0.135. The molecule has 0 spiro atoms. The predicted molar refractivity (Wildman–Crippen MR) is 120 cm³/mol. The molecule has 1 heterocycles. The van der Waals surface area contributed by atoms with Gasteiger partial charge in [0, 0.05) is 25.2 Å². The van der Waals surface area contributed by atoms with Crippen LogP contribution in [-0.4, -0.2) is 29.0 Å². The Morgan fingerprint density at radius 1 is 1.21 bits per heavy atom. The number of benzene rings is 1. The zero-order valence-corrected chi connectivity index (χ0v) is 18.9. The molecule has 0 atom stereocenters. The summed E-state index contributed by atoms with van der Waals surface area (Å²) in [6.45, 7) is 7.79. The lowest BCUT2D eigenvalue weighted by molar-refractivity contribution is -0.384. The fraction of sp³-hybridized carbons (Fsp3) is 0.474. The summed E-state index contributed by atoms with van der Waals surface area (Å²) in [6, 6.07) is 6.74. The van der Waals surface area contributed by atoms with E-state index in [0.29, 0.717) is 12.4 Å². The molecule has 8 nitrogen and oxygen atoms in total. The first-order valence-electron chi connectivity index (χ1n) is 9.18. The Morgan fingerprint density at radius 3 is 2.50 bits per heavy atom. The molecular formula is C19H28IN5O3. The third kappa shape index (κ3) is 7.83. The third-order valence-corrected chi connectivity index (χ3v) is 4.12. The average molecular weight is 501 g/mol. The van der Waals surface area contributed by atoms with Crippen LogP contribution in [0.2, 0.25) is 0 Å². The summed E-state index contributed by atoms with van der Waals surface area (Å²) in [5.74, 6) is 2.17. The highest BCUT2D eigenvalue weighted by molar-refractivity contribution is 14.0. The Morgan fingerprint density at radius 2 is 1.93 bits per heavy atom. The number of halogens is 1. The van der Waals surface area contributed by atoms with E-state index < -0.39 is 0 Å². The SMILES string of the molecule is CCNC(=NCc1nc(C)c(C)o1)NCCCCc1ccc([N+](=O)[O-])cc1.I. The van der Waals surface area contributed by atoms with Crippen molar-refractivity contribution in [2.45, 2.75) is 46.6 Å². The minimum absolute atomic E-state index is 0. The van der Waals surface area contributed by atoms with Crippen molar-refractivity contribution in [3.8, 4) is 0 Å². The Balaban J connectivity index is 0.00000392. The number of nitro groups is 1. The number of hydrogen-bond donors (Lipinski definition) is 2. The summed E-state index contributed by atoms with van der Waals surface area (Å²) < 4.78 is 5.54. The number of aliphatic imine (C=N–C) groups is 1. The maximum absolute atomic E-state index is 10.7. The van der Waals surface area contributed by atoms with Crippen LogP contribution >= 0.6 is 24.0 Å². The van der Waals surface area contributed by atoms with Gasteiger partial charge in [0.25, 0.3) is 5.69 Å². The van der Waals surface area contributed by atoms with Crippen LogP contribution in [0.25, 0.3) is 0 Å². The van der Waals surface area contributed by atoms with Gasteiger partial charge in [-0.05, 0) is 45.6 Å². The van der Waals surface area contributed by atoms with Crippen LogP contribution in [0, 0.1) is 24.0 Å². The van der Waals surface area contributed by atoms with Gasteiger partial charge in [0.05, 0.1) is 10.6 Å². The number of nitro benzene ring substituents is 1. The molecule has 0 fully saturated rings. The lowest BCUT2D eigenvalue weighted by Crippen LogP contribution is -2.37. The number of non-ortho nitro benzene ring substituents is 1. The van der Waals surface area contributed by atoms with Gasteiger partial charge in [0.15, 0.2) is 5.96 Å². The summed E-state index contributed by atoms with van der Waals surface area (Å²) in [7, 11) is 0. The largest absolute Gasteiger partial charge is 0.444 e. The van der Waals surface area contributed by atoms with E-state index in [1.165, 1.54) is 0 Å². The van der Waals surface area contributed by atoms with Gasteiger partial charge in [-0.25, -0.2) is 9.98 Å².